The van der Waals surface area contributed by atoms with Crippen molar-refractivity contribution in [2.75, 3.05) is 13.1 Å². The fourth-order valence-electron chi connectivity index (χ4n) is 2.72. The Kier molecular flexibility index (Phi) is 5.15. The van der Waals surface area contributed by atoms with Crippen molar-refractivity contribution in [3.8, 4) is 0 Å². The summed E-state index contributed by atoms with van der Waals surface area (Å²) in [6, 6.07) is 10.2. The number of benzene rings is 1. The number of nitrogens with zero attached hydrogens (tertiary/aromatic N) is 1. The first-order chi connectivity index (χ1) is 10.6. The molecule has 0 aliphatic carbocycles. The number of hydrogen-bond donors (Lipinski definition) is 1. The SMILES string of the molecule is CC(CNC(=O)c1ccc(I)cc1)N1CCc2sccc2C1. The topological polar surface area (TPSA) is 32.3 Å². The van der Waals surface area contributed by atoms with Crippen LogP contribution in [0, 0.1) is 3.57 Å². The molecule has 3 rings (SSSR count). The van der Waals surface area contributed by atoms with Crippen molar-refractivity contribution in [3.05, 3.63) is 55.3 Å². The molecule has 5 heteroatoms. The number of carbonyl (C=O) groups is 1. The van der Waals surface area contributed by atoms with Gasteiger partial charge in [-0.1, -0.05) is 0 Å². The molecule has 0 spiro atoms. The van der Waals surface area contributed by atoms with E-state index in [1.165, 1.54) is 10.4 Å². The maximum absolute atomic E-state index is 12.2. The van der Waals surface area contributed by atoms with Gasteiger partial charge in [-0.05, 0) is 77.2 Å². The number of amides is 1. The minimum Gasteiger partial charge on any atom is -0.350 e. The van der Waals surface area contributed by atoms with Crippen LogP contribution >= 0.6 is 33.9 Å². The van der Waals surface area contributed by atoms with E-state index in [2.05, 4.69) is 51.2 Å². The van der Waals surface area contributed by atoms with Crippen LogP contribution in [-0.4, -0.2) is 29.9 Å². The Balaban J connectivity index is 1.53. The van der Waals surface area contributed by atoms with Crippen molar-refractivity contribution in [3.63, 3.8) is 0 Å². The zero-order chi connectivity index (χ0) is 15.5. The predicted octanol–water partition coefficient (Wildman–Crippen LogP) is 3.53. The summed E-state index contributed by atoms with van der Waals surface area (Å²) in [6.45, 7) is 4.95. The lowest BCUT2D eigenvalue weighted by molar-refractivity contribution is 0.0932. The Morgan fingerprint density at radius 1 is 1.36 bits per heavy atom. The summed E-state index contributed by atoms with van der Waals surface area (Å²) < 4.78 is 1.14. The molecule has 0 radical (unpaired) electrons. The van der Waals surface area contributed by atoms with E-state index in [9.17, 15) is 4.79 Å². The van der Waals surface area contributed by atoms with E-state index in [0.29, 0.717) is 12.6 Å². The van der Waals surface area contributed by atoms with Crippen LogP contribution in [0.3, 0.4) is 0 Å². The van der Waals surface area contributed by atoms with Gasteiger partial charge in [-0.15, -0.1) is 11.3 Å². The van der Waals surface area contributed by atoms with Crippen molar-refractivity contribution in [2.24, 2.45) is 0 Å². The van der Waals surface area contributed by atoms with Crippen molar-refractivity contribution < 1.29 is 4.79 Å². The molecule has 0 saturated heterocycles. The fourth-order valence-corrected chi connectivity index (χ4v) is 3.97. The van der Waals surface area contributed by atoms with Crippen LogP contribution in [0.5, 0.6) is 0 Å². The van der Waals surface area contributed by atoms with Crippen molar-refractivity contribution in [1.82, 2.24) is 10.2 Å². The van der Waals surface area contributed by atoms with Gasteiger partial charge in [0.25, 0.3) is 5.91 Å². The van der Waals surface area contributed by atoms with Gasteiger partial charge in [0.2, 0.25) is 0 Å². The first kappa shape index (κ1) is 16.0. The average molecular weight is 426 g/mol. The molecule has 3 nitrogen and oxygen atoms in total. The lowest BCUT2D eigenvalue weighted by Crippen LogP contribution is -2.44. The van der Waals surface area contributed by atoms with E-state index in [-0.39, 0.29) is 5.91 Å². The maximum Gasteiger partial charge on any atom is 0.251 e. The summed E-state index contributed by atoms with van der Waals surface area (Å²) in [6.07, 6.45) is 1.13. The fraction of sp³-hybridized carbons (Fsp3) is 0.353. The molecule has 0 fully saturated rings. The third kappa shape index (κ3) is 3.70. The molecule has 1 aromatic carbocycles. The molecule has 116 valence electrons. The molecule has 0 bridgehead atoms. The number of carbonyl (C=O) groups excluding carboxylic acids is 1. The Hall–Kier alpha value is -0.920. The Morgan fingerprint density at radius 2 is 2.14 bits per heavy atom. The molecule has 1 unspecified atom stereocenters. The average Bonchev–Trinajstić information content (AvgIpc) is 3.00. The number of halogens is 1. The molecule has 1 aliphatic heterocycles. The summed E-state index contributed by atoms with van der Waals surface area (Å²) >= 11 is 4.10. The second-order valence-corrected chi connectivity index (χ2v) is 7.90. The normalized spacial score (nSPS) is 16.1. The first-order valence-corrected chi connectivity index (χ1v) is 9.42. The van der Waals surface area contributed by atoms with Gasteiger partial charge in [0.1, 0.15) is 0 Å². The van der Waals surface area contributed by atoms with Gasteiger partial charge >= 0.3 is 0 Å². The maximum atomic E-state index is 12.2. The second kappa shape index (κ2) is 7.10. The molecular weight excluding hydrogens is 407 g/mol. The van der Waals surface area contributed by atoms with Gasteiger partial charge in [-0.2, -0.15) is 0 Å². The van der Waals surface area contributed by atoms with Crippen LogP contribution in [0.4, 0.5) is 0 Å². The Bertz CT molecular complexity index is 653. The van der Waals surface area contributed by atoms with Gasteiger partial charge in [-0.25, -0.2) is 0 Å². The molecule has 1 amide bonds. The number of fused-ring (bicyclic) bond motifs is 1. The highest BCUT2D eigenvalue weighted by Crippen LogP contribution is 2.24. The van der Waals surface area contributed by atoms with Crippen molar-refractivity contribution in [1.29, 1.82) is 0 Å². The standard InChI is InChI=1S/C17H19IN2OS/c1-12(20-8-6-16-14(11-20)7-9-22-16)10-19-17(21)13-2-4-15(18)5-3-13/h2-5,7,9,12H,6,8,10-11H2,1H3,(H,19,21). The van der Waals surface area contributed by atoms with E-state index in [1.54, 1.807) is 0 Å². The van der Waals surface area contributed by atoms with Gasteiger partial charge in [-0.3, -0.25) is 9.69 Å². The predicted molar refractivity (Wildman–Crippen MR) is 99.4 cm³/mol. The highest BCUT2D eigenvalue weighted by Gasteiger charge is 2.21. The van der Waals surface area contributed by atoms with Crippen LogP contribution in [-0.2, 0) is 13.0 Å². The summed E-state index contributed by atoms with van der Waals surface area (Å²) in [5.74, 6) is 0.0106. The molecule has 1 N–H and O–H groups in total. The summed E-state index contributed by atoms with van der Waals surface area (Å²) in [4.78, 5) is 16.1. The minimum atomic E-state index is 0.0106. The lowest BCUT2D eigenvalue weighted by Gasteiger charge is -2.32. The first-order valence-electron chi connectivity index (χ1n) is 7.46. The summed E-state index contributed by atoms with van der Waals surface area (Å²) in [7, 11) is 0. The largest absolute Gasteiger partial charge is 0.350 e. The van der Waals surface area contributed by atoms with Crippen molar-refractivity contribution in [2.45, 2.75) is 25.9 Å². The number of thiophene rings is 1. The van der Waals surface area contributed by atoms with Crippen LogP contribution < -0.4 is 5.32 Å². The summed E-state index contributed by atoms with van der Waals surface area (Å²) in [5, 5.41) is 5.23. The van der Waals surface area contributed by atoms with E-state index < -0.39 is 0 Å². The molecule has 2 aromatic rings. The third-order valence-electron chi connectivity index (χ3n) is 4.12. The molecule has 22 heavy (non-hydrogen) atoms. The molecule has 2 heterocycles. The van der Waals surface area contributed by atoms with Gasteiger partial charge in [0.15, 0.2) is 0 Å². The minimum absolute atomic E-state index is 0.0106. The Morgan fingerprint density at radius 3 is 2.91 bits per heavy atom. The van der Waals surface area contributed by atoms with Crippen LogP contribution in [0.1, 0.15) is 27.7 Å². The lowest BCUT2D eigenvalue weighted by atomic mass is 10.1. The van der Waals surface area contributed by atoms with Gasteiger partial charge in [0.05, 0.1) is 0 Å². The molecule has 1 aliphatic rings. The molecule has 0 saturated carbocycles. The van der Waals surface area contributed by atoms with Gasteiger partial charge < -0.3 is 5.32 Å². The highest BCUT2D eigenvalue weighted by atomic mass is 127. The highest BCUT2D eigenvalue weighted by molar-refractivity contribution is 14.1. The smallest absolute Gasteiger partial charge is 0.251 e. The quantitative estimate of drug-likeness (QED) is 0.759. The Labute approximate surface area is 148 Å². The zero-order valence-electron chi connectivity index (χ0n) is 12.5. The zero-order valence-corrected chi connectivity index (χ0v) is 15.5. The van der Waals surface area contributed by atoms with Gasteiger partial charge in [0, 0.05) is 39.7 Å². The van der Waals surface area contributed by atoms with Crippen LogP contribution in [0.25, 0.3) is 0 Å². The summed E-state index contributed by atoms with van der Waals surface area (Å²) in [5.41, 5.74) is 2.18. The monoisotopic (exact) mass is 426 g/mol. The van der Waals surface area contributed by atoms with E-state index >= 15 is 0 Å². The molecule has 1 aromatic heterocycles. The molecular formula is C17H19IN2OS. The number of hydrogen-bond acceptors (Lipinski definition) is 3. The van der Waals surface area contributed by atoms with E-state index in [0.717, 1.165) is 28.6 Å². The molecule has 1 atom stereocenters. The van der Waals surface area contributed by atoms with Crippen LogP contribution in [0.2, 0.25) is 0 Å². The van der Waals surface area contributed by atoms with Crippen molar-refractivity contribution >= 4 is 39.8 Å². The van der Waals surface area contributed by atoms with E-state index in [4.69, 9.17) is 0 Å². The third-order valence-corrected chi connectivity index (χ3v) is 5.87. The number of nitrogens with one attached hydrogen (secondary N) is 1. The van der Waals surface area contributed by atoms with E-state index in [1.807, 2.05) is 35.6 Å². The van der Waals surface area contributed by atoms with Crippen LogP contribution in [0.15, 0.2) is 35.7 Å². The second-order valence-electron chi connectivity index (χ2n) is 5.66. The number of rotatable bonds is 4.